The van der Waals surface area contributed by atoms with Gasteiger partial charge < -0.3 is 43.7 Å². The van der Waals surface area contributed by atoms with E-state index in [1.165, 1.54) is 0 Å². The Kier molecular flexibility index (Phi) is 40.0. The molecule has 0 spiro atoms. The topological polar surface area (TPSA) is 182 Å². The predicted molar refractivity (Wildman–Crippen MR) is 108 cm³/mol. The summed E-state index contributed by atoms with van der Waals surface area (Å²) in [7, 11) is 0. The Labute approximate surface area is 183 Å². The standard InChI is InChI=1S/C8H17N3O4.C8H18O5.OS/c9-11-10-1-3-13-5-7-15-8-6-14-4-2-12;9-1-3-11-5-7-13-8-6-12-4-2-10;1-2/h12H,1-8H2;9-10H,1-8H2;/i;9T;. The van der Waals surface area contributed by atoms with Gasteiger partial charge in [-0.05, 0) is 5.53 Å². The van der Waals surface area contributed by atoms with Gasteiger partial charge in [-0.1, -0.05) is 5.11 Å². The zero-order valence-electron chi connectivity index (χ0n) is 18.2. The van der Waals surface area contributed by atoms with Crippen molar-refractivity contribution in [1.29, 1.82) is 1.43 Å². The first-order valence-corrected chi connectivity index (χ1v) is 9.60. The van der Waals surface area contributed by atoms with Crippen molar-refractivity contribution >= 4 is 12.5 Å². The van der Waals surface area contributed by atoms with Crippen LogP contribution in [0.3, 0.4) is 0 Å². The molecule has 0 rings (SSSR count). The third-order valence-corrected chi connectivity index (χ3v) is 2.59. The smallest absolute Gasteiger partial charge is 0.210 e. The molecule has 0 unspecified atom stereocenters. The quantitative estimate of drug-likeness (QED) is 0.0776. The van der Waals surface area contributed by atoms with Gasteiger partial charge in [-0.15, -0.1) is 0 Å². The molecule has 0 heterocycles. The second kappa shape index (κ2) is 38.6. The molecule has 0 atom stereocenters. The number of nitrogens with zero attached hydrogens (tertiary/aromatic N) is 3. The van der Waals surface area contributed by atoms with Crippen LogP contribution in [0, 0.1) is 0 Å². The molecule has 0 aromatic carbocycles. The summed E-state index contributed by atoms with van der Waals surface area (Å²) in [5, 5.41) is 24.1. The van der Waals surface area contributed by atoms with Crippen LogP contribution in [0.4, 0.5) is 0 Å². The van der Waals surface area contributed by atoms with Crippen LogP contribution in [0.25, 0.3) is 10.4 Å². The van der Waals surface area contributed by atoms with E-state index in [1.54, 1.807) is 0 Å². The van der Waals surface area contributed by atoms with Gasteiger partial charge in [-0.25, -0.2) is 0 Å². The highest BCUT2D eigenvalue weighted by Gasteiger charge is 1.91. The minimum Gasteiger partial charge on any atom is -0.394 e. The van der Waals surface area contributed by atoms with Gasteiger partial charge in [0.15, 0.2) is 12.5 Å². The van der Waals surface area contributed by atoms with E-state index < -0.39 is 0 Å². The number of azide groups is 1. The van der Waals surface area contributed by atoms with E-state index in [0.717, 1.165) is 0 Å². The van der Waals surface area contributed by atoms with Crippen LogP contribution in [-0.4, -0.2) is 127 Å². The number of aliphatic hydroxyl groups is 3. The molecule has 0 aromatic heterocycles. The lowest BCUT2D eigenvalue weighted by Gasteiger charge is -2.04. The minimum absolute atomic E-state index is 0.0303. The van der Waals surface area contributed by atoms with E-state index in [4.69, 9.17) is 49.8 Å². The third kappa shape index (κ3) is 41.4. The van der Waals surface area contributed by atoms with Crippen LogP contribution in [0.5, 0.6) is 0 Å². The lowest BCUT2D eigenvalue weighted by atomic mass is 10.7. The van der Waals surface area contributed by atoms with Gasteiger partial charge in [-0.3, -0.25) is 0 Å². The number of rotatable bonds is 22. The number of aliphatic hydroxyl groups excluding tert-OH is 3. The number of hydrogen-bond acceptors (Lipinski definition) is 12. The summed E-state index contributed by atoms with van der Waals surface area (Å²) in [6.45, 7) is 6.08. The molecule has 0 aliphatic carbocycles. The van der Waals surface area contributed by atoms with Crippen molar-refractivity contribution in [2.45, 2.75) is 0 Å². The van der Waals surface area contributed by atoms with Crippen molar-refractivity contribution in [3.05, 3.63) is 10.4 Å². The van der Waals surface area contributed by atoms with Crippen molar-refractivity contribution in [3.8, 4) is 0 Å². The lowest BCUT2D eigenvalue weighted by Crippen LogP contribution is -2.11. The molecular formula is C16H35N3O10S. The van der Waals surface area contributed by atoms with Crippen molar-refractivity contribution in [3.63, 3.8) is 0 Å². The van der Waals surface area contributed by atoms with E-state index in [9.17, 15) is 0 Å². The minimum atomic E-state index is 0.0303. The predicted octanol–water partition coefficient (Wildman–Crippen LogP) is -0.977. The van der Waals surface area contributed by atoms with Crippen molar-refractivity contribution in [2.75, 3.05) is 106 Å². The SMILES string of the molecule is O=S.[3H]OCCOCCOCCOCCO.[N-]=[N+]=NCCOCCOCCOCCO. The van der Waals surface area contributed by atoms with Crippen molar-refractivity contribution in [1.82, 2.24) is 0 Å². The molecule has 13 nitrogen and oxygen atoms in total. The van der Waals surface area contributed by atoms with E-state index >= 15 is 0 Å². The van der Waals surface area contributed by atoms with E-state index in [1.807, 2.05) is 0 Å². The van der Waals surface area contributed by atoms with Gasteiger partial charge in [0.2, 0.25) is 1.43 Å². The first kappa shape index (κ1) is 31.2. The fourth-order valence-electron chi connectivity index (χ4n) is 1.42. The molecule has 0 bridgehead atoms. The van der Waals surface area contributed by atoms with Crippen LogP contribution < -0.4 is 0 Å². The zero-order valence-corrected chi connectivity index (χ0v) is 18.0. The van der Waals surface area contributed by atoms with Gasteiger partial charge in [0.1, 0.15) is 0 Å². The summed E-state index contributed by atoms with van der Waals surface area (Å²) < 4.78 is 44.6. The Morgan fingerprint density at radius 1 is 0.667 bits per heavy atom. The summed E-state index contributed by atoms with van der Waals surface area (Å²) in [5.41, 5.74) is 7.96. The lowest BCUT2D eigenvalue weighted by molar-refractivity contribution is 0.00230. The molecule has 0 radical (unpaired) electrons. The molecule has 0 fully saturated rings. The Bertz CT molecular complexity index is 350. The summed E-state index contributed by atoms with van der Waals surface area (Å²) in [6.07, 6.45) is 0. The zero-order chi connectivity index (χ0) is 23.7. The molecule has 180 valence electrons. The molecule has 0 aliphatic heterocycles. The van der Waals surface area contributed by atoms with Crippen LogP contribution in [0.2, 0.25) is 0 Å². The second-order valence-electron chi connectivity index (χ2n) is 4.78. The van der Waals surface area contributed by atoms with Crippen molar-refractivity contribution in [2.24, 2.45) is 5.11 Å². The van der Waals surface area contributed by atoms with Crippen LogP contribution >= 0.6 is 0 Å². The average Bonchev–Trinajstić information content (AvgIpc) is 2.80. The largest absolute Gasteiger partial charge is 0.394 e. The Morgan fingerprint density at radius 3 is 1.33 bits per heavy atom. The Hall–Kier alpha value is -1.03. The molecule has 0 saturated heterocycles. The summed E-state index contributed by atoms with van der Waals surface area (Å²) in [6, 6.07) is 0. The summed E-state index contributed by atoms with van der Waals surface area (Å²) in [5.74, 6) is 0. The van der Waals surface area contributed by atoms with Crippen LogP contribution in [0.1, 0.15) is 0 Å². The highest BCUT2D eigenvalue weighted by atomic mass is 32.1. The molecular weight excluding hydrogens is 426 g/mol. The summed E-state index contributed by atoms with van der Waals surface area (Å²) in [4.78, 5) is 2.59. The molecule has 0 amide bonds. The maximum atomic E-state index is 8.39. The Balaban J connectivity index is -0.000000469. The highest BCUT2D eigenvalue weighted by molar-refractivity contribution is 7.44. The normalized spacial score (nSPS) is 10.1. The fourth-order valence-corrected chi connectivity index (χ4v) is 1.42. The third-order valence-electron chi connectivity index (χ3n) is 2.59. The maximum absolute atomic E-state index is 8.39. The highest BCUT2D eigenvalue weighted by Crippen LogP contribution is 1.82. The van der Waals surface area contributed by atoms with Crippen LogP contribution in [-0.2, 0) is 41.0 Å². The van der Waals surface area contributed by atoms with Gasteiger partial charge >= 0.3 is 0 Å². The summed E-state index contributed by atoms with van der Waals surface area (Å²) >= 11 is 2.83. The fraction of sp³-hybridized carbons (Fsp3) is 1.00. The molecule has 14 heteroatoms. The first-order valence-electron chi connectivity index (χ1n) is 9.68. The van der Waals surface area contributed by atoms with E-state index in [-0.39, 0.29) is 19.8 Å². The second-order valence-corrected chi connectivity index (χ2v) is 4.78. The number of ether oxygens (including phenoxy) is 6. The van der Waals surface area contributed by atoms with Crippen LogP contribution in [0.15, 0.2) is 5.11 Å². The monoisotopic (exact) mass is 463 g/mol. The van der Waals surface area contributed by atoms with Crippen molar-refractivity contribution < 1.29 is 48.0 Å². The van der Waals surface area contributed by atoms with Gasteiger partial charge in [0.25, 0.3) is 0 Å². The first-order chi connectivity index (χ1) is 15.3. The maximum Gasteiger partial charge on any atom is 0.210 e. The molecule has 0 aromatic rings. The van der Waals surface area contributed by atoms with Gasteiger partial charge in [0.05, 0.1) is 99.1 Å². The van der Waals surface area contributed by atoms with Gasteiger partial charge in [0, 0.05) is 11.5 Å². The molecule has 0 aliphatic rings. The number of hydrogen-bond donors (Lipinski definition) is 3. The molecule has 30 heavy (non-hydrogen) atoms. The Morgan fingerprint density at radius 2 is 1.00 bits per heavy atom. The molecule has 0 saturated carbocycles. The van der Waals surface area contributed by atoms with E-state index in [2.05, 4.69) is 27.7 Å². The average molecular weight is 464 g/mol. The van der Waals surface area contributed by atoms with E-state index in [0.29, 0.717) is 85.8 Å². The molecule has 3 N–H and O–H groups in total. The van der Waals surface area contributed by atoms with Gasteiger partial charge in [-0.2, -0.15) is 4.21 Å².